The van der Waals surface area contributed by atoms with E-state index in [-0.39, 0.29) is 5.92 Å². The van der Waals surface area contributed by atoms with E-state index in [1.165, 1.54) is 11.1 Å². The number of fused-ring (bicyclic) bond motifs is 1. The van der Waals surface area contributed by atoms with Crippen molar-refractivity contribution in [1.29, 1.82) is 0 Å². The van der Waals surface area contributed by atoms with Crippen LogP contribution in [0, 0.1) is 12.0 Å². The van der Waals surface area contributed by atoms with E-state index >= 15 is 0 Å². The molecule has 0 aliphatic heterocycles. The van der Waals surface area contributed by atoms with Gasteiger partial charge in [0.1, 0.15) is 5.92 Å². The maximum Gasteiger partial charge on any atom is 0.285 e. The Hall–Kier alpha value is -1.81. The number of hydrogen-bond donors (Lipinski definition) is 0. The molecule has 1 aromatic rings. The summed E-state index contributed by atoms with van der Waals surface area (Å²) in [6.07, 6.45) is 0. The van der Waals surface area contributed by atoms with Crippen molar-refractivity contribution in [2.24, 2.45) is 5.92 Å². The van der Waals surface area contributed by atoms with Gasteiger partial charge in [-0.05, 0) is 22.3 Å². The molecular formula is C13H12N+. The monoisotopic (exact) mass is 182 g/mol. The minimum absolute atomic E-state index is 0.0670. The molecule has 0 saturated heterocycles. The van der Waals surface area contributed by atoms with Gasteiger partial charge in [0.25, 0.3) is 13.1 Å². The smallest absolute Gasteiger partial charge is 0.0934 e. The van der Waals surface area contributed by atoms with Gasteiger partial charge in [0.15, 0.2) is 0 Å². The third-order valence-corrected chi connectivity index (χ3v) is 2.57. The Morgan fingerprint density at radius 1 is 1.14 bits per heavy atom. The Bertz CT molecular complexity index is 436. The largest absolute Gasteiger partial charge is 0.285 e. The maximum atomic E-state index is 4.06. The van der Waals surface area contributed by atoms with E-state index in [0.717, 1.165) is 11.1 Å². The summed E-state index contributed by atoms with van der Waals surface area (Å²) < 4.78 is 0. The molecule has 0 amide bonds. The lowest BCUT2D eigenvalue weighted by atomic mass is 10.0. The number of benzene rings is 1. The Labute approximate surface area is 84.2 Å². The van der Waals surface area contributed by atoms with Crippen molar-refractivity contribution >= 4 is 11.1 Å². The topological polar surface area (TPSA) is 4.36 Å². The van der Waals surface area contributed by atoms with Crippen molar-refractivity contribution < 1.29 is 0 Å². The van der Waals surface area contributed by atoms with Gasteiger partial charge in [0.05, 0.1) is 0 Å². The summed E-state index contributed by atoms with van der Waals surface area (Å²) >= 11 is 0. The molecule has 0 spiro atoms. The lowest BCUT2D eigenvalue weighted by molar-refractivity contribution is 1.22. The highest BCUT2D eigenvalue weighted by molar-refractivity contribution is 5.95. The summed E-state index contributed by atoms with van der Waals surface area (Å²) in [5.74, 6) is 0.0670. The van der Waals surface area contributed by atoms with Gasteiger partial charge in [-0.3, -0.25) is 0 Å². The summed E-state index contributed by atoms with van der Waals surface area (Å²) in [4.78, 5) is 3.93. The first kappa shape index (κ1) is 8.77. The molecule has 0 radical (unpaired) electrons. The maximum absolute atomic E-state index is 4.06. The predicted molar refractivity (Wildman–Crippen MR) is 61.2 cm³/mol. The lowest BCUT2D eigenvalue weighted by Crippen LogP contribution is -1.90. The first-order valence-electron chi connectivity index (χ1n) is 4.57. The highest BCUT2D eigenvalue weighted by Gasteiger charge is 2.30. The first-order chi connectivity index (χ1) is 6.75. The molecule has 1 aliphatic rings. The van der Waals surface area contributed by atoms with Gasteiger partial charge in [-0.1, -0.05) is 42.3 Å². The van der Waals surface area contributed by atoms with Crippen LogP contribution in [0.5, 0.6) is 0 Å². The molecule has 0 unspecified atom stereocenters. The SMILES string of the molecule is C=C1c2ccccc2C(=C)C1C#[N+]C. The van der Waals surface area contributed by atoms with E-state index in [9.17, 15) is 0 Å². The molecule has 0 heterocycles. The second-order valence-corrected chi connectivity index (χ2v) is 3.38. The van der Waals surface area contributed by atoms with Gasteiger partial charge < -0.3 is 0 Å². The van der Waals surface area contributed by atoms with E-state index in [2.05, 4.69) is 36.2 Å². The van der Waals surface area contributed by atoms with Gasteiger partial charge >= 0.3 is 0 Å². The van der Waals surface area contributed by atoms with Crippen LogP contribution >= 0.6 is 0 Å². The molecule has 0 atom stereocenters. The molecule has 14 heavy (non-hydrogen) atoms. The molecule has 0 bridgehead atoms. The van der Waals surface area contributed by atoms with Crippen LogP contribution in [-0.4, -0.2) is 7.05 Å². The normalized spacial score (nSPS) is 14.9. The predicted octanol–water partition coefficient (Wildman–Crippen LogP) is 3.31. The fourth-order valence-electron chi connectivity index (χ4n) is 1.85. The number of hydrogen-bond acceptors (Lipinski definition) is 0. The Kier molecular flexibility index (Phi) is 1.98. The van der Waals surface area contributed by atoms with Crippen molar-refractivity contribution in [3.05, 3.63) is 53.4 Å². The molecule has 1 aliphatic carbocycles. The zero-order valence-electron chi connectivity index (χ0n) is 8.25. The Morgan fingerprint density at radius 2 is 1.64 bits per heavy atom. The van der Waals surface area contributed by atoms with Crippen molar-refractivity contribution in [3.63, 3.8) is 0 Å². The van der Waals surface area contributed by atoms with Crippen LogP contribution in [0.2, 0.25) is 0 Å². The summed E-state index contributed by atoms with van der Waals surface area (Å²) in [6.45, 7) is 8.13. The quantitative estimate of drug-likeness (QED) is 0.579. The van der Waals surface area contributed by atoms with Gasteiger partial charge in [-0.15, -0.1) is 0 Å². The average molecular weight is 182 g/mol. The number of rotatable bonds is 0. The Balaban J connectivity index is 2.57. The van der Waals surface area contributed by atoms with Crippen LogP contribution in [0.3, 0.4) is 0 Å². The van der Waals surface area contributed by atoms with Crippen LogP contribution in [0.25, 0.3) is 16.0 Å². The summed E-state index contributed by atoms with van der Waals surface area (Å²) in [7, 11) is 1.73. The summed E-state index contributed by atoms with van der Waals surface area (Å²) in [5.41, 5.74) is 4.46. The zero-order chi connectivity index (χ0) is 10.1. The molecule has 0 fully saturated rings. The molecule has 1 heteroatoms. The van der Waals surface area contributed by atoms with Crippen molar-refractivity contribution in [2.45, 2.75) is 0 Å². The molecule has 0 aromatic heterocycles. The van der Waals surface area contributed by atoms with Crippen LogP contribution in [0.4, 0.5) is 0 Å². The molecule has 68 valence electrons. The van der Waals surface area contributed by atoms with E-state index in [0.29, 0.717) is 0 Å². The van der Waals surface area contributed by atoms with Gasteiger partial charge in [0.2, 0.25) is 0 Å². The Morgan fingerprint density at radius 3 is 2.07 bits per heavy atom. The molecular weight excluding hydrogens is 170 g/mol. The fourth-order valence-corrected chi connectivity index (χ4v) is 1.85. The molecule has 0 N–H and O–H groups in total. The highest BCUT2D eigenvalue weighted by Crippen LogP contribution is 2.42. The molecule has 1 nitrogen and oxygen atoms in total. The summed E-state index contributed by atoms with van der Waals surface area (Å²) in [6, 6.07) is 11.2. The minimum atomic E-state index is 0.0670. The second kappa shape index (κ2) is 3.16. The standard InChI is InChI=1S/C13H12N/c1-9-11-6-4-5-7-12(11)10(2)13(9)8-14-3/h4-7,13H,1-2H2,3H3/q+1. The van der Waals surface area contributed by atoms with Crippen LogP contribution in [-0.2, 0) is 0 Å². The summed E-state index contributed by atoms with van der Waals surface area (Å²) in [5, 5.41) is 0. The van der Waals surface area contributed by atoms with E-state index < -0.39 is 0 Å². The van der Waals surface area contributed by atoms with Gasteiger partial charge in [-0.25, -0.2) is 0 Å². The van der Waals surface area contributed by atoms with Crippen molar-refractivity contribution in [3.8, 4) is 6.07 Å². The number of nitrogens with zero attached hydrogens (tertiary/aromatic N) is 1. The van der Waals surface area contributed by atoms with Crippen LogP contribution < -0.4 is 0 Å². The zero-order valence-corrected chi connectivity index (χ0v) is 8.25. The van der Waals surface area contributed by atoms with E-state index in [1.54, 1.807) is 7.05 Å². The molecule has 1 aromatic carbocycles. The molecule has 0 saturated carbocycles. The fraction of sp³-hybridized carbons (Fsp3) is 0.154. The highest BCUT2D eigenvalue weighted by atomic mass is 14.6. The molecule has 2 rings (SSSR count). The second-order valence-electron chi connectivity index (χ2n) is 3.38. The van der Waals surface area contributed by atoms with Gasteiger partial charge in [-0.2, -0.15) is 0 Å². The van der Waals surface area contributed by atoms with E-state index in [4.69, 9.17) is 0 Å². The lowest BCUT2D eigenvalue weighted by Gasteiger charge is -1.96. The third-order valence-electron chi connectivity index (χ3n) is 2.57. The number of allylic oxidation sites excluding steroid dienone is 2. The van der Waals surface area contributed by atoms with Crippen LogP contribution in [0.15, 0.2) is 37.4 Å². The minimum Gasteiger partial charge on any atom is -0.0934 e. The van der Waals surface area contributed by atoms with Crippen LogP contribution in [0.1, 0.15) is 11.1 Å². The van der Waals surface area contributed by atoms with Crippen molar-refractivity contribution in [2.75, 3.05) is 7.05 Å². The third kappa shape index (κ3) is 1.08. The van der Waals surface area contributed by atoms with E-state index in [1.807, 2.05) is 12.1 Å². The van der Waals surface area contributed by atoms with Gasteiger partial charge in [0, 0.05) is 0 Å². The average Bonchev–Trinajstić information content (AvgIpc) is 2.45. The van der Waals surface area contributed by atoms with Crippen molar-refractivity contribution in [1.82, 2.24) is 0 Å². The first-order valence-corrected chi connectivity index (χ1v) is 4.57.